The van der Waals surface area contributed by atoms with E-state index >= 15 is 0 Å². The third kappa shape index (κ3) is 4.00. The molecule has 33 heavy (non-hydrogen) atoms. The highest BCUT2D eigenvalue weighted by Gasteiger charge is 2.70. The van der Waals surface area contributed by atoms with Crippen molar-refractivity contribution in [3.05, 3.63) is 29.8 Å². The molecule has 1 aromatic rings. The second-order valence-electron chi connectivity index (χ2n) is 11.5. The van der Waals surface area contributed by atoms with Gasteiger partial charge in [-0.15, -0.1) is 0 Å². The molecule has 0 bridgehead atoms. The highest BCUT2D eigenvalue weighted by Crippen LogP contribution is 2.62. The zero-order valence-electron chi connectivity index (χ0n) is 21.1. The van der Waals surface area contributed by atoms with Crippen LogP contribution in [0.3, 0.4) is 0 Å². The lowest BCUT2D eigenvalue weighted by molar-refractivity contribution is -0.231. The van der Waals surface area contributed by atoms with Crippen molar-refractivity contribution < 1.29 is 23.8 Å². The Kier molecular flexibility index (Phi) is 6.41. The normalized spacial score (nSPS) is 36.5. The molecule has 3 aliphatic carbocycles. The van der Waals surface area contributed by atoms with Crippen LogP contribution in [0.15, 0.2) is 24.3 Å². The highest BCUT2D eigenvalue weighted by molar-refractivity contribution is 5.94. The summed E-state index contributed by atoms with van der Waals surface area (Å²) in [4.78, 5) is 26.6. The minimum absolute atomic E-state index is 0.153. The van der Waals surface area contributed by atoms with Gasteiger partial charge in [-0.05, 0) is 68.1 Å². The number of Topliss-reactive ketones (excluding diaryl/α,β-unsaturated/α-hetero) is 1. The summed E-state index contributed by atoms with van der Waals surface area (Å²) in [5.41, 5.74) is -0.200. The number of hydrogen-bond acceptors (Lipinski definition) is 5. The molecular formula is C28H40O5. The molecule has 0 amide bonds. The Bertz CT molecular complexity index is 890. The molecule has 6 atom stereocenters. The SMILES string of the molecule is COc1ccc(C(C)(C)[C@@H]2CC[C@@H](C)C[C@H]2OC(=O)[C@]23CCCC(=O)[C@H]2[C@@](C)(OC)C3)cc1. The topological polar surface area (TPSA) is 61.8 Å². The number of benzene rings is 1. The van der Waals surface area contributed by atoms with E-state index < -0.39 is 11.0 Å². The van der Waals surface area contributed by atoms with Crippen molar-refractivity contribution in [2.75, 3.05) is 14.2 Å². The second-order valence-corrected chi connectivity index (χ2v) is 11.5. The Morgan fingerprint density at radius 1 is 1.12 bits per heavy atom. The Morgan fingerprint density at radius 3 is 2.45 bits per heavy atom. The van der Waals surface area contributed by atoms with E-state index in [4.69, 9.17) is 14.2 Å². The quantitative estimate of drug-likeness (QED) is 0.530. The highest BCUT2D eigenvalue weighted by atomic mass is 16.5. The van der Waals surface area contributed by atoms with Crippen molar-refractivity contribution in [3.63, 3.8) is 0 Å². The molecule has 0 N–H and O–H groups in total. The number of ketones is 1. The Morgan fingerprint density at radius 2 is 1.82 bits per heavy atom. The number of hydrogen-bond donors (Lipinski definition) is 0. The number of methoxy groups -OCH3 is 2. The third-order valence-electron chi connectivity index (χ3n) is 9.14. The van der Waals surface area contributed by atoms with Gasteiger partial charge in [-0.2, -0.15) is 0 Å². The van der Waals surface area contributed by atoms with Gasteiger partial charge in [-0.3, -0.25) is 9.59 Å². The molecule has 3 saturated carbocycles. The van der Waals surface area contributed by atoms with E-state index in [0.717, 1.165) is 37.9 Å². The molecule has 4 rings (SSSR count). The standard InChI is InChI=1S/C28H40O5/c1-18-9-14-21(26(2,3)19-10-12-20(31-5)13-11-19)23(16-18)33-25(30)28-15-7-8-22(29)24(28)27(4,17-28)32-6/h10-13,18,21,23-24H,7-9,14-17H2,1-6H3/t18-,21-,23-,24+,27+,28+/m1/s1. The monoisotopic (exact) mass is 456 g/mol. The molecular weight excluding hydrogens is 416 g/mol. The molecule has 3 aliphatic rings. The lowest BCUT2D eigenvalue weighted by Crippen LogP contribution is -2.68. The molecule has 0 aliphatic heterocycles. The van der Waals surface area contributed by atoms with Crippen LogP contribution in [0.1, 0.15) is 78.2 Å². The molecule has 0 heterocycles. The van der Waals surface area contributed by atoms with Gasteiger partial charge in [-0.25, -0.2) is 0 Å². The summed E-state index contributed by atoms with van der Waals surface area (Å²) < 4.78 is 17.5. The minimum Gasteiger partial charge on any atom is -0.497 e. The molecule has 1 aromatic carbocycles. The first-order valence-corrected chi connectivity index (χ1v) is 12.5. The van der Waals surface area contributed by atoms with Crippen LogP contribution in [0.4, 0.5) is 0 Å². The lowest BCUT2D eigenvalue weighted by Gasteiger charge is -2.60. The zero-order valence-corrected chi connectivity index (χ0v) is 21.1. The predicted molar refractivity (Wildman–Crippen MR) is 127 cm³/mol. The number of ether oxygens (including phenoxy) is 3. The van der Waals surface area contributed by atoms with Crippen LogP contribution in [-0.2, 0) is 24.5 Å². The van der Waals surface area contributed by atoms with Crippen molar-refractivity contribution >= 4 is 11.8 Å². The van der Waals surface area contributed by atoms with Crippen LogP contribution in [0, 0.1) is 23.2 Å². The Hall–Kier alpha value is -1.88. The lowest BCUT2D eigenvalue weighted by atomic mass is 9.46. The van der Waals surface area contributed by atoms with Crippen LogP contribution in [0.2, 0.25) is 0 Å². The van der Waals surface area contributed by atoms with Gasteiger partial charge in [0.25, 0.3) is 0 Å². The van der Waals surface area contributed by atoms with Crippen molar-refractivity contribution in [2.45, 2.75) is 89.8 Å². The van der Waals surface area contributed by atoms with Crippen molar-refractivity contribution in [2.24, 2.45) is 23.2 Å². The summed E-state index contributed by atoms with van der Waals surface area (Å²) in [6.45, 7) is 8.72. The fourth-order valence-corrected chi connectivity index (χ4v) is 7.14. The molecule has 5 heteroatoms. The average molecular weight is 457 g/mol. The number of fused-ring (bicyclic) bond motifs is 1. The molecule has 0 aromatic heterocycles. The molecule has 3 fully saturated rings. The summed E-state index contributed by atoms with van der Waals surface area (Å²) in [5, 5.41) is 0. The average Bonchev–Trinajstić information content (AvgIpc) is 2.77. The summed E-state index contributed by atoms with van der Waals surface area (Å²) in [5.74, 6) is 1.16. The predicted octanol–water partition coefficient (Wildman–Crippen LogP) is 5.49. The third-order valence-corrected chi connectivity index (χ3v) is 9.14. The van der Waals surface area contributed by atoms with Gasteiger partial charge in [0.2, 0.25) is 0 Å². The van der Waals surface area contributed by atoms with Gasteiger partial charge in [-0.1, -0.05) is 39.3 Å². The minimum atomic E-state index is -0.713. The smallest absolute Gasteiger partial charge is 0.313 e. The van der Waals surface area contributed by atoms with E-state index in [9.17, 15) is 9.59 Å². The van der Waals surface area contributed by atoms with E-state index in [2.05, 4.69) is 32.9 Å². The number of carbonyl (C=O) groups excluding carboxylic acids is 2. The molecule has 0 spiro atoms. The molecule has 0 unspecified atom stereocenters. The first kappa shape index (κ1) is 24.3. The maximum absolute atomic E-state index is 13.8. The number of carbonyl (C=O) groups is 2. The van der Waals surface area contributed by atoms with Gasteiger partial charge in [0, 0.05) is 19.4 Å². The first-order chi connectivity index (χ1) is 15.6. The molecule has 182 valence electrons. The fourth-order valence-electron chi connectivity index (χ4n) is 7.14. The Labute approximate surface area is 198 Å². The van der Waals surface area contributed by atoms with Crippen LogP contribution in [0.25, 0.3) is 0 Å². The van der Waals surface area contributed by atoms with Crippen molar-refractivity contribution in [1.82, 2.24) is 0 Å². The summed E-state index contributed by atoms with van der Waals surface area (Å²) in [7, 11) is 3.32. The fraction of sp³-hybridized carbons (Fsp3) is 0.714. The van der Waals surface area contributed by atoms with E-state index in [1.165, 1.54) is 5.56 Å². The van der Waals surface area contributed by atoms with Crippen LogP contribution in [0.5, 0.6) is 5.75 Å². The van der Waals surface area contributed by atoms with E-state index in [1.807, 2.05) is 19.1 Å². The van der Waals surface area contributed by atoms with Gasteiger partial charge < -0.3 is 14.2 Å². The van der Waals surface area contributed by atoms with Gasteiger partial charge in [0.15, 0.2) is 0 Å². The largest absolute Gasteiger partial charge is 0.497 e. The molecule has 0 radical (unpaired) electrons. The maximum Gasteiger partial charge on any atom is 0.313 e. The van der Waals surface area contributed by atoms with Gasteiger partial charge in [0.1, 0.15) is 17.6 Å². The maximum atomic E-state index is 13.8. The van der Waals surface area contributed by atoms with Crippen LogP contribution >= 0.6 is 0 Å². The summed E-state index contributed by atoms with van der Waals surface area (Å²) >= 11 is 0. The zero-order chi connectivity index (χ0) is 24.0. The van der Waals surface area contributed by atoms with Crippen LogP contribution < -0.4 is 4.74 Å². The Balaban J connectivity index is 1.58. The van der Waals surface area contributed by atoms with Crippen LogP contribution in [-0.4, -0.2) is 37.7 Å². The summed E-state index contributed by atoms with van der Waals surface area (Å²) in [6.07, 6.45) is 5.44. The van der Waals surface area contributed by atoms with E-state index in [0.29, 0.717) is 18.8 Å². The van der Waals surface area contributed by atoms with E-state index in [-0.39, 0.29) is 35.1 Å². The summed E-state index contributed by atoms with van der Waals surface area (Å²) in [6, 6.07) is 8.25. The number of esters is 1. The van der Waals surface area contributed by atoms with Crippen molar-refractivity contribution in [3.8, 4) is 5.75 Å². The first-order valence-electron chi connectivity index (χ1n) is 12.5. The number of rotatable bonds is 6. The second kappa shape index (κ2) is 8.72. The van der Waals surface area contributed by atoms with Gasteiger partial charge >= 0.3 is 5.97 Å². The molecule has 0 saturated heterocycles. The van der Waals surface area contributed by atoms with Gasteiger partial charge in [0.05, 0.1) is 24.0 Å². The molecule has 5 nitrogen and oxygen atoms in total. The van der Waals surface area contributed by atoms with E-state index in [1.54, 1.807) is 14.2 Å². The van der Waals surface area contributed by atoms with Crippen molar-refractivity contribution in [1.29, 1.82) is 0 Å².